The second-order valence-corrected chi connectivity index (χ2v) is 3.42. The van der Waals surface area contributed by atoms with E-state index in [-0.39, 0.29) is 6.29 Å². The average molecular weight is 178 g/mol. The van der Waals surface area contributed by atoms with Gasteiger partial charge in [0.15, 0.2) is 6.29 Å². The molecule has 0 atom stereocenters. The van der Waals surface area contributed by atoms with Crippen molar-refractivity contribution in [2.75, 3.05) is 13.2 Å². The van der Waals surface area contributed by atoms with Crippen LogP contribution in [0.5, 0.6) is 0 Å². The predicted molar refractivity (Wildman–Crippen MR) is 50.6 cm³/mol. The smallest absolute Gasteiger partial charge is 0.184 e. The summed E-state index contributed by atoms with van der Waals surface area (Å²) in [6.07, 6.45) is -0.140. The Bertz CT molecular complexity index is 301. The summed E-state index contributed by atoms with van der Waals surface area (Å²) in [6.45, 7) is 5.62. The fourth-order valence-corrected chi connectivity index (χ4v) is 1.46. The molecular weight excluding hydrogens is 164 g/mol. The van der Waals surface area contributed by atoms with Crippen molar-refractivity contribution in [1.82, 2.24) is 0 Å². The third-order valence-corrected chi connectivity index (χ3v) is 2.42. The summed E-state index contributed by atoms with van der Waals surface area (Å²) in [6, 6.07) is 6.30. The van der Waals surface area contributed by atoms with E-state index in [4.69, 9.17) is 9.47 Å². The van der Waals surface area contributed by atoms with E-state index in [1.165, 1.54) is 11.1 Å². The number of aryl methyl sites for hydroxylation is 2. The first-order chi connectivity index (χ1) is 6.27. The minimum Gasteiger partial charge on any atom is -0.346 e. The summed E-state index contributed by atoms with van der Waals surface area (Å²) in [5.74, 6) is 0. The summed E-state index contributed by atoms with van der Waals surface area (Å²) in [7, 11) is 0. The van der Waals surface area contributed by atoms with Crippen LogP contribution in [0.1, 0.15) is 23.0 Å². The van der Waals surface area contributed by atoms with E-state index in [1.807, 2.05) is 0 Å². The highest BCUT2D eigenvalue weighted by Crippen LogP contribution is 2.24. The molecule has 0 radical (unpaired) electrons. The van der Waals surface area contributed by atoms with Crippen LogP contribution in [0.25, 0.3) is 0 Å². The van der Waals surface area contributed by atoms with Gasteiger partial charge in [-0.05, 0) is 25.0 Å². The van der Waals surface area contributed by atoms with Gasteiger partial charge in [0.25, 0.3) is 0 Å². The molecule has 1 heterocycles. The Morgan fingerprint density at radius 1 is 1.08 bits per heavy atom. The molecule has 0 saturated carbocycles. The van der Waals surface area contributed by atoms with Gasteiger partial charge in [0.1, 0.15) is 0 Å². The first-order valence-electron chi connectivity index (χ1n) is 4.58. The molecule has 70 valence electrons. The molecule has 0 aliphatic carbocycles. The average Bonchev–Trinajstić information content (AvgIpc) is 2.62. The zero-order chi connectivity index (χ0) is 9.26. The van der Waals surface area contributed by atoms with Gasteiger partial charge >= 0.3 is 0 Å². The van der Waals surface area contributed by atoms with Crippen molar-refractivity contribution in [1.29, 1.82) is 0 Å². The van der Waals surface area contributed by atoms with Gasteiger partial charge in [0.2, 0.25) is 0 Å². The molecule has 2 nitrogen and oxygen atoms in total. The molecule has 0 aromatic heterocycles. The van der Waals surface area contributed by atoms with E-state index in [2.05, 4.69) is 32.0 Å². The fraction of sp³-hybridized carbons (Fsp3) is 0.455. The Labute approximate surface area is 78.5 Å². The van der Waals surface area contributed by atoms with Crippen LogP contribution in [0.15, 0.2) is 18.2 Å². The van der Waals surface area contributed by atoms with Gasteiger partial charge in [0.05, 0.1) is 13.2 Å². The summed E-state index contributed by atoms with van der Waals surface area (Å²) in [4.78, 5) is 0. The standard InChI is InChI=1S/C11H14O2/c1-8-3-4-10(7-9(8)2)11-12-5-6-13-11/h3-4,7,11H,5-6H2,1-2H3. The van der Waals surface area contributed by atoms with Crippen molar-refractivity contribution in [2.24, 2.45) is 0 Å². The van der Waals surface area contributed by atoms with Crippen LogP contribution in [0, 0.1) is 13.8 Å². The van der Waals surface area contributed by atoms with Gasteiger partial charge in [-0.3, -0.25) is 0 Å². The topological polar surface area (TPSA) is 18.5 Å². The van der Waals surface area contributed by atoms with Gasteiger partial charge in [-0.15, -0.1) is 0 Å². The Morgan fingerprint density at radius 2 is 1.77 bits per heavy atom. The highest BCUT2D eigenvalue weighted by molar-refractivity contribution is 5.30. The third kappa shape index (κ3) is 1.74. The van der Waals surface area contributed by atoms with Crippen LogP contribution >= 0.6 is 0 Å². The Hall–Kier alpha value is -0.860. The van der Waals surface area contributed by atoms with Crippen molar-refractivity contribution >= 4 is 0 Å². The van der Waals surface area contributed by atoms with Crippen molar-refractivity contribution in [3.63, 3.8) is 0 Å². The number of rotatable bonds is 1. The monoisotopic (exact) mass is 178 g/mol. The van der Waals surface area contributed by atoms with Gasteiger partial charge in [-0.2, -0.15) is 0 Å². The first-order valence-corrected chi connectivity index (χ1v) is 4.58. The largest absolute Gasteiger partial charge is 0.346 e. The number of ether oxygens (including phenoxy) is 2. The SMILES string of the molecule is Cc1ccc(C2OCCO2)cc1C. The van der Waals surface area contributed by atoms with E-state index in [0.717, 1.165) is 5.56 Å². The Kier molecular flexibility index (Phi) is 2.34. The van der Waals surface area contributed by atoms with Crippen molar-refractivity contribution < 1.29 is 9.47 Å². The lowest BCUT2D eigenvalue weighted by Gasteiger charge is -2.10. The fourth-order valence-electron chi connectivity index (χ4n) is 1.46. The number of hydrogen-bond acceptors (Lipinski definition) is 2. The summed E-state index contributed by atoms with van der Waals surface area (Å²) >= 11 is 0. The maximum absolute atomic E-state index is 5.41. The predicted octanol–water partition coefficient (Wildman–Crippen LogP) is 2.35. The van der Waals surface area contributed by atoms with Crippen molar-refractivity contribution in [3.05, 3.63) is 34.9 Å². The number of hydrogen-bond donors (Lipinski definition) is 0. The highest BCUT2D eigenvalue weighted by Gasteiger charge is 2.17. The molecule has 13 heavy (non-hydrogen) atoms. The molecule has 0 amide bonds. The molecule has 1 aromatic carbocycles. The van der Waals surface area contributed by atoms with Gasteiger partial charge in [-0.25, -0.2) is 0 Å². The van der Waals surface area contributed by atoms with E-state index in [9.17, 15) is 0 Å². The molecule has 1 aromatic rings. The van der Waals surface area contributed by atoms with E-state index in [0.29, 0.717) is 13.2 Å². The minimum atomic E-state index is -0.140. The lowest BCUT2D eigenvalue weighted by atomic mass is 10.1. The quantitative estimate of drug-likeness (QED) is 0.657. The lowest BCUT2D eigenvalue weighted by Crippen LogP contribution is -1.98. The van der Waals surface area contributed by atoms with Crippen LogP contribution in [0.2, 0.25) is 0 Å². The molecule has 0 N–H and O–H groups in total. The summed E-state index contributed by atoms with van der Waals surface area (Å²) in [5.41, 5.74) is 3.72. The second kappa shape index (κ2) is 3.48. The van der Waals surface area contributed by atoms with Crippen LogP contribution in [0.4, 0.5) is 0 Å². The Balaban J connectivity index is 2.25. The normalized spacial score (nSPS) is 18.0. The second-order valence-electron chi connectivity index (χ2n) is 3.42. The first kappa shape index (κ1) is 8.73. The molecule has 2 rings (SSSR count). The van der Waals surface area contributed by atoms with Crippen LogP contribution in [-0.2, 0) is 9.47 Å². The van der Waals surface area contributed by atoms with Crippen molar-refractivity contribution in [2.45, 2.75) is 20.1 Å². The lowest BCUT2D eigenvalue weighted by molar-refractivity contribution is -0.0441. The molecule has 1 fully saturated rings. The Morgan fingerprint density at radius 3 is 2.38 bits per heavy atom. The molecule has 1 saturated heterocycles. The summed E-state index contributed by atoms with van der Waals surface area (Å²) < 4.78 is 10.8. The highest BCUT2D eigenvalue weighted by atomic mass is 16.7. The molecule has 0 spiro atoms. The zero-order valence-corrected chi connectivity index (χ0v) is 8.04. The van der Waals surface area contributed by atoms with Crippen LogP contribution < -0.4 is 0 Å². The molecule has 1 aliphatic heterocycles. The maximum atomic E-state index is 5.41. The number of benzene rings is 1. The third-order valence-electron chi connectivity index (χ3n) is 2.42. The van der Waals surface area contributed by atoms with Gasteiger partial charge in [-0.1, -0.05) is 18.2 Å². The van der Waals surface area contributed by atoms with E-state index in [1.54, 1.807) is 0 Å². The van der Waals surface area contributed by atoms with Gasteiger partial charge in [0, 0.05) is 5.56 Å². The molecule has 2 heteroatoms. The maximum Gasteiger partial charge on any atom is 0.184 e. The van der Waals surface area contributed by atoms with Crippen LogP contribution in [0.3, 0.4) is 0 Å². The molecule has 0 bridgehead atoms. The summed E-state index contributed by atoms with van der Waals surface area (Å²) in [5, 5.41) is 0. The minimum absolute atomic E-state index is 0.140. The molecule has 1 aliphatic rings. The zero-order valence-electron chi connectivity index (χ0n) is 8.04. The molecular formula is C11H14O2. The van der Waals surface area contributed by atoms with E-state index < -0.39 is 0 Å². The van der Waals surface area contributed by atoms with Gasteiger partial charge < -0.3 is 9.47 Å². The van der Waals surface area contributed by atoms with E-state index >= 15 is 0 Å². The van der Waals surface area contributed by atoms with Crippen molar-refractivity contribution in [3.8, 4) is 0 Å². The molecule has 0 unspecified atom stereocenters. The van der Waals surface area contributed by atoms with Crippen LogP contribution in [-0.4, -0.2) is 13.2 Å².